The van der Waals surface area contributed by atoms with Crippen LogP contribution in [-0.2, 0) is 9.59 Å². The van der Waals surface area contributed by atoms with Crippen LogP contribution in [0.1, 0.15) is 5.56 Å². The van der Waals surface area contributed by atoms with Crippen molar-refractivity contribution in [2.45, 2.75) is 0 Å². The van der Waals surface area contributed by atoms with E-state index < -0.39 is 11.8 Å². The standard InChI is InChI=1S/C19H15N5O2S/c25-16(17(26)22-20-13-7-10-14-8-3-1-4-9-14)21-19-24-23-18(27-19)15-11-5-2-6-12-15/h1-13H,(H,22,26)(H,21,24,25)/b10-7+,20-13-. The highest BCUT2D eigenvalue weighted by Gasteiger charge is 2.15. The van der Waals surface area contributed by atoms with Gasteiger partial charge < -0.3 is 0 Å². The first-order valence-electron chi connectivity index (χ1n) is 7.97. The zero-order valence-electron chi connectivity index (χ0n) is 14.1. The Morgan fingerprint density at radius 1 is 0.926 bits per heavy atom. The average molecular weight is 377 g/mol. The van der Waals surface area contributed by atoms with Gasteiger partial charge >= 0.3 is 11.8 Å². The van der Waals surface area contributed by atoms with Gasteiger partial charge in [0.1, 0.15) is 5.01 Å². The molecule has 1 aromatic heterocycles. The third-order valence-corrected chi connectivity index (χ3v) is 4.18. The third-order valence-electron chi connectivity index (χ3n) is 3.29. The third kappa shape index (κ3) is 5.41. The van der Waals surface area contributed by atoms with Crippen molar-refractivity contribution in [3.05, 3.63) is 72.3 Å². The van der Waals surface area contributed by atoms with Crippen molar-refractivity contribution >= 4 is 40.6 Å². The highest BCUT2D eigenvalue weighted by Crippen LogP contribution is 2.25. The van der Waals surface area contributed by atoms with E-state index in [1.165, 1.54) is 17.6 Å². The molecule has 27 heavy (non-hydrogen) atoms. The molecule has 8 heteroatoms. The van der Waals surface area contributed by atoms with Gasteiger partial charge in [-0.2, -0.15) is 5.10 Å². The second kappa shape index (κ2) is 9.16. The van der Waals surface area contributed by atoms with Crippen molar-refractivity contribution < 1.29 is 9.59 Å². The molecule has 0 bridgehead atoms. The van der Waals surface area contributed by atoms with Gasteiger partial charge in [-0.1, -0.05) is 78.1 Å². The first-order valence-corrected chi connectivity index (χ1v) is 8.79. The van der Waals surface area contributed by atoms with Gasteiger partial charge in [0, 0.05) is 11.8 Å². The number of hydrogen-bond donors (Lipinski definition) is 2. The highest BCUT2D eigenvalue weighted by atomic mass is 32.1. The maximum absolute atomic E-state index is 11.9. The fraction of sp³-hybridized carbons (Fsp3) is 0. The van der Waals surface area contributed by atoms with Crippen molar-refractivity contribution in [1.82, 2.24) is 15.6 Å². The van der Waals surface area contributed by atoms with Crippen LogP contribution in [0, 0.1) is 0 Å². The Bertz CT molecular complexity index is 968. The second-order valence-corrected chi connectivity index (χ2v) is 6.20. The summed E-state index contributed by atoms with van der Waals surface area (Å²) in [4.78, 5) is 23.6. The molecule has 0 atom stereocenters. The molecule has 0 unspecified atom stereocenters. The van der Waals surface area contributed by atoms with E-state index in [1.807, 2.05) is 66.7 Å². The van der Waals surface area contributed by atoms with E-state index in [0.717, 1.165) is 11.1 Å². The number of rotatable bonds is 5. The number of benzene rings is 2. The first kappa shape index (κ1) is 18.2. The molecule has 0 saturated heterocycles. The minimum Gasteiger partial charge on any atom is -0.292 e. The van der Waals surface area contributed by atoms with Crippen LogP contribution in [0.25, 0.3) is 16.6 Å². The summed E-state index contributed by atoms with van der Waals surface area (Å²) in [6.45, 7) is 0. The molecule has 1 heterocycles. The molecule has 0 aliphatic heterocycles. The molecule has 0 aliphatic rings. The summed E-state index contributed by atoms with van der Waals surface area (Å²) in [6.07, 6.45) is 4.86. The van der Waals surface area contributed by atoms with E-state index >= 15 is 0 Å². The lowest BCUT2D eigenvalue weighted by Crippen LogP contribution is -2.32. The number of allylic oxidation sites excluding steroid dienone is 1. The molecule has 2 aromatic carbocycles. The summed E-state index contributed by atoms with van der Waals surface area (Å²) in [6, 6.07) is 19.0. The number of anilines is 1. The lowest BCUT2D eigenvalue weighted by molar-refractivity contribution is -0.136. The highest BCUT2D eigenvalue weighted by molar-refractivity contribution is 7.18. The monoisotopic (exact) mass is 377 g/mol. The molecule has 0 fully saturated rings. The van der Waals surface area contributed by atoms with Crippen molar-refractivity contribution in [2.24, 2.45) is 5.10 Å². The van der Waals surface area contributed by atoms with Crippen molar-refractivity contribution in [1.29, 1.82) is 0 Å². The summed E-state index contributed by atoms with van der Waals surface area (Å²) in [5.74, 6) is -1.76. The molecular weight excluding hydrogens is 362 g/mol. The van der Waals surface area contributed by atoms with E-state index in [9.17, 15) is 9.59 Å². The van der Waals surface area contributed by atoms with Crippen LogP contribution in [0.3, 0.4) is 0 Å². The van der Waals surface area contributed by atoms with Crippen molar-refractivity contribution in [2.75, 3.05) is 5.32 Å². The fourth-order valence-electron chi connectivity index (χ4n) is 2.03. The number of hydrogen-bond acceptors (Lipinski definition) is 6. The average Bonchev–Trinajstić information content (AvgIpc) is 3.17. The number of nitrogens with one attached hydrogen (secondary N) is 2. The smallest absolute Gasteiger partial charge is 0.292 e. The van der Waals surface area contributed by atoms with Crippen molar-refractivity contribution in [3.63, 3.8) is 0 Å². The van der Waals surface area contributed by atoms with Crippen LogP contribution in [0.4, 0.5) is 5.13 Å². The Morgan fingerprint density at radius 2 is 1.63 bits per heavy atom. The number of hydrazone groups is 1. The number of carbonyl (C=O) groups excluding carboxylic acids is 2. The Balaban J connectivity index is 1.49. The van der Waals surface area contributed by atoms with Crippen molar-refractivity contribution in [3.8, 4) is 10.6 Å². The van der Waals surface area contributed by atoms with Gasteiger partial charge in [-0.25, -0.2) is 5.43 Å². The topological polar surface area (TPSA) is 96.3 Å². The maximum atomic E-state index is 11.9. The fourth-order valence-corrected chi connectivity index (χ4v) is 2.78. The maximum Gasteiger partial charge on any atom is 0.329 e. The quantitative estimate of drug-likeness (QED) is 0.406. The van der Waals surface area contributed by atoms with Gasteiger partial charge in [0.2, 0.25) is 5.13 Å². The molecule has 2 N–H and O–H groups in total. The van der Waals surface area contributed by atoms with Gasteiger partial charge in [-0.3, -0.25) is 14.9 Å². The number of nitrogens with zero attached hydrogens (tertiary/aromatic N) is 3. The lowest BCUT2D eigenvalue weighted by atomic mass is 10.2. The Hall–Kier alpha value is -3.65. The number of amides is 2. The molecule has 2 amide bonds. The molecule has 134 valence electrons. The second-order valence-electron chi connectivity index (χ2n) is 5.22. The van der Waals surface area contributed by atoms with Gasteiger partial charge in [0.05, 0.1) is 0 Å². The summed E-state index contributed by atoms with van der Waals surface area (Å²) >= 11 is 1.18. The van der Waals surface area contributed by atoms with Crippen LogP contribution >= 0.6 is 11.3 Å². The summed E-state index contributed by atoms with van der Waals surface area (Å²) in [7, 11) is 0. The van der Waals surface area contributed by atoms with Gasteiger partial charge in [0.15, 0.2) is 0 Å². The zero-order valence-corrected chi connectivity index (χ0v) is 14.9. The normalized spacial score (nSPS) is 11.0. The zero-order chi connectivity index (χ0) is 18.9. The van der Waals surface area contributed by atoms with Crippen LogP contribution < -0.4 is 10.7 Å². The predicted molar refractivity (Wildman–Crippen MR) is 106 cm³/mol. The molecular formula is C19H15N5O2S. The lowest BCUT2D eigenvalue weighted by Gasteiger charge is -1.98. The molecule has 0 saturated carbocycles. The summed E-state index contributed by atoms with van der Waals surface area (Å²) < 4.78 is 0. The van der Waals surface area contributed by atoms with E-state index in [0.29, 0.717) is 5.01 Å². The van der Waals surface area contributed by atoms with Crippen LogP contribution in [-0.4, -0.2) is 28.2 Å². The summed E-state index contributed by atoms with van der Waals surface area (Å²) in [5.41, 5.74) is 4.03. The molecule has 3 aromatic rings. The molecule has 3 rings (SSSR count). The van der Waals surface area contributed by atoms with Crippen LogP contribution in [0.2, 0.25) is 0 Å². The number of carbonyl (C=O) groups is 2. The minimum absolute atomic E-state index is 0.238. The molecule has 0 aliphatic carbocycles. The first-order chi connectivity index (χ1) is 13.2. The minimum atomic E-state index is -0.893. The molecule has 0 radical (unpaired) electrons. The van der Waals surface area contributed by atoms with E-state index in [4.69, 9.17) is 0 Å². The largest absolute Gasteiger partial charge is 0.329 e. The van der Waals surface area contributed by atoms with E-state index in [1.54, 1.807) is 6.08 Å². The van der Waals surface area contributed by atoms with E-state index in [2.05, 4.69) is 26.0 Å². The Labute approximate surface area is 159 Å². The predicted octanol–water partition coefficient (Wildman–Crippen LogP) is 2.96. The summed E-state index contributed by atoms with van der Waals surface area (Å²) in [5, 5.41) is 14.8. The SMILES string of the molecule is O=C(N/N=C\C=C\c1ccccc1)C(=O)Nc1nnc(-c2ccccc2)s1. The number of aromatic nitrogens is 2. The van der Waals surface area contributed by atoms with E-state index in [-0.39, 0.29) is 5.13 Å². The van der Waals surface area contributed by atoms with Gasteiger partial charge in [-0.15, -0.1) is 10.2 Å². The molecule has 7 nitrogen and oxygen atoms in total. The van der Waals surface area contributed by atoms with Gasteiger partial charge in [-0.05, 0) is 11.6 Å². The Morgan fingerprint density at radius 3 is 2.37 bits per heavy atom. The Kier molecular flexibility index (Phi) is 6.16. The van der Waals surface area contributed by atoms with Gasteiger partial charge in [0.25, 0.3) is 0 Å². The van der Waals surface area contributed by atoms with Crippen LogP contribution in [0.15, 0.2) is 71.8 Å². The molecule has 0 spiro atoms. The van der Waals surface area contributed by atoms with Crippen LogP contribution in [0.5, 0.6) is 0 Å².